The lowest BCUT2D eigenvalue weighted by atomic mass is 10.1. The van der Waals surface area contributed by atoms with Crippen molar-refractivity contribution in [2.24, 2.45) is 0 Å². The molecule has 8 heteroatoms. The normalized spacial score (nSPS) is 12.5. The topological polar surface area (TPSA) is 56.3 Å². The first-order chi connectivity index (χ1) is 10.7. The molecule has 0 saturated heterocycles. The fourth-order valence-electron chi connectivity index (χ4n) is 1.80. The van der Waals surface area contributed by atoms with Crippen molar-refractivity contribution in [3.05, 3.63) is 59.0 Å². The number of nitrogens with zero attached hydrogens (tertiary/aromatic N) is 1. The van der Waals surface area contributed by atoms with Gasteiger partial charge in [0.15, 0.2) is 5.03 Å². The molecule has 1 heterocycles. The van der Waals surface area contributed by atoms with Gasteiger partial charge in [-0.2, -0.15) is 13.2 Å². The van der Waals surface area contributed by atoms with Crippen LogP contribution >= 0.6 is 0 Å². The van der Waals surface area contributed by atoms with Gasteiger partial charge >= 0.3 is 6.18 Å². The van der Waals surface area contributed by atoms with Gasteiger partial charge in [-0.3, -0.25) is 0 Å². The second kappa shape index (κ2) is 6.41. The summed E-state index contributed by atoms with van der Waals surface area (Å²) in [6.07, 6.45) is -3.67. The quantitative estimate of drug-likeness (QED) is 0.852. The number of methoxy groups -OCH3 is 1. The molecule has 0 unspecified atom stereocenters. The Morgan fingerprint density at radius 1 is 1.09 bits per heavy atom. The number of aromatic nitrogens is 1. The van der Waals surface area contributed by atoms with E-state index in [1.54, 1.807) is 0 Å². The zero-order chi connectivity index (χ0) is 17.1. The lowest BCUT2D eigenvalue weighted by molar-refractivity contribution is -0.137. The first-order valence-electron chi connectivity index (χ1n) is 6.34. The summed E-state index contributed by atoms with van der Waals surface area (Å²) in [5.74, 6) is 0.0927. The summed E-state index contributed by atoms with van der Waals surface area (Å²) < 4.78 is 67.8. The summed E-state index contributed by atoms with van der Waals surface area (Å²) >= 11 is 0. The standard InChI is InChI=1S/C15H12F3NO3S/c1-22-13-7-4-8-14(19-13)23(20,21)10-9-11-5-2-3-6-12(11)15(16,17)18/h2-10H,1H3/b10-9+. The number of alkyl halides is 3. The van der Waals surface area contributed by atoms with Crippen LogP contribution in [-0.4, -0.2) is 20.5 Å². The fourth-order valence-corrected chi connectivity index (χ4v) is 2.75. The van der Waals surface area contributed by atoms with Crippen molar-refractivity contribution >= 4 is 15.9 Å². The molecular weight excluding hydrogens is 331 g/mol. The SMILES string of the molecule is COc1cccc(S(=O)(=O)/C=C/c2ccccc2C(F)(F)F)n1. The number of benzene rings is 1. The van der Waals surface area contributed by atoms with E-state index in [-0.39, 0.29) is 16.5 Å². The highest BCUT2D eigenvalue weighted by Gasteiger charge is 2.32. The third-order valence-electron chi connectivity index (χ3n) is 2.89. The van der Waals surface area contributed by atoms with Gasteiger partial charge in [0.1, 0.15) is 0 Å². The Morgan fingerprint density at radius 3 is 2.43 bits per heavy atom. The monoisotopic (exact) mass is 343 g/mol. The van der Waals surface area contributed by atoms with Crippen molar-refractivity contribution in [3.8, 4) is 5.88 Å². The van der Waals surface area contributed by atoms with Gasteiger partial charge in [-0.1, -0.05) is 24.3 Å². The molecule has 1 aromatic carbocycles. The summed E-state index contributed by atoms with van der Waals surface area (Å²) in [5, 5.41) is 0.386. The minimum Gasteiger partial charge on any atom is -0.481 e. The van der Waals surface area contributed by atoms with Crippen LogP contribution in [-0.2, 0) is 16.0 Å². The van der Waals surface area contributed by atoms with Crippen LogP contribution in [0.25, 0.3) is 6.08 Å². The van der Waals surface area contributed by atoms with E-state index in [1.165, 1.54) is 43.5 Å². The van der Waals surface area contributed by atoms with Crippen LogP contribution in [0.15, 0.2) is 52.9 Å². The van der Waals surface area contributed by atoms with Gasteiger partial charge in [-0.15, -0.1) is 0 Å². The smallest absolute Gasteiger partial charge is 0.416 e. The number of pyridine rings is 1. The molecule has 0 atom stereocenters. The molecule has 1 aromatic heterocycles. The van der Waals surface area contributed by atoms with Crippen LogP contribution in [0.5, 0.6) is 5.88 Å². The second-order valence-electron chi connectivity index (χ2n) is 4.45. The molecule has 0 radical (unpaired) electrons. The Kier molecular flexibility index (Phi) is 4.74. The summed E-state index contributed by atoms with van der Waals surface area (Å²) in [7, 11) is -2.66. The molecule has 0 aliphatic rings. The van der Waals surface area contributed by atoms with Crippen LogP contribution in [0.3, 0.4) is 0 Å². The highest BCUT2D eigenvalue weighted by atomic mass is 32.2. The highest BCUT2D eigenvalue weighted by molar-refractivity contribution is 7.94. The van der Waals surface area contributed by atoms with Crippen molar-refractivity contribution in [3.63, 3.8) is 0 Å². The molecule has 0 fully saturated rings. The molecule has 0 aliphatic carbocycles. The molecule has 0 amide bonds. The molecule has 122 valence electrons. The third kappa shape index (κ3) is 4.10. The van der Waals surface area contributed by atoms with Gasteiger partial charge in [0.05, 0.1) is 12.7 Å². The molecule has 2 rings (SSSR count). The fraction of sp³-hybridized carbons (Fsp3) is 0.133. The lowest BCUT2D eigenvalue weighted by Gasteiger charge is -2.09. The predicted octanol–water partition coefficient (Wildman–Crippen LogP) is 3.55. The maximum atomic E-state index is 12.9. The molecule has 0 N–H and O–H groups in total. The lowest BCUT2D eigenvalue weighted by Crippen LogP contribution is -2.07. The molecule has 0 bridgehead atoms. The molecule has 0 aliphatic heterocycles. The van der Waals surface area contributed by atoms with E-state index in [2.05, 4.69) is 4.98 Å². The van der Waals surface area contributed by atoms with E-state index >= 15 is 0 Å². The molecule has 4 nitrogen and oxygen atoms in total. The summed E-state index contributed by atoms with van der Waals surface area (Å²) in [4.78, 5) is 3.76. The average molecular weight is 343 g/mol. The minimum atomic E-state index is -4.57. The number of hydrogen-bond acceptors (Lipinski definition) is 4. The van der Waals surface area contributed by atoms with Crippen LogP contribution < -0.4 is 4.74 Å². The number of ether oxygens (including phenoxy) is 1. The zero-order valence-electron chi connectivity index (χ0n) is 11.9. The third-order valence-corrected chi connectivity index (χ3v) is 4.20. The Labute approximate surface area is 131 Å². The summed E-state index contributed by atoms with van der Waals surface area (Å²) in [6, 6.07) is 8.82. The molecule has 0 saturated carbocycles. The maximum Gasteiger partial charge on any atom is 0.416 e. The van der Waals surface area contributed by atoms with E-state index in [0.29, 0.717) is 5.41 Å². The van der Waals surface area contributed by atoms with Gasteiger partial charge in [0, 0.05) is 11.5 Å². The van der Waals surface area contributed by atoms with Gasteiger partial charge in [0.25, 0.3) is 0 Å². The van der Waals surface area contributed by atoms with Crippen LogP contribution in [0.2, 0.25) is 0 Å². The molecule has 2 aromatic rings. The zero-order valence-corrected chi connectivity index (χ0v) is 12.7. The number of sulfone groups is 1. The second-order valence-corrected chi connectivity index (χ2v) is 6.23. The Balaban J connectivity index is 2.40. The van der Waals surface area contributed by atoms with E-state index in [1.807, 2.05) is 0 Å². The van der Waals surface area contributed by atoms with Gasteiger partial charge in [-0.25, -0.2) is 13.4 Å². The first-order valence-corrected chi connectivity index (χ1v) is 7.89. The average Bonchev–Trinajstić information content (AvgIpc) is 2.52. The summed E-state index contributed by atoms with van der Waals surface area (Å²) in [6.45, 7) is 0. The Morgan fingerprint density at radius 2 is 1.78 bits per heavy atom. The van der Waals surface area contributed by atoms with Gasteiger partial charge in [0.2, 0.25) is 15.7 Å². The number of halogens is 3. The highest BCUT2D eigenvalue weighted by Crippen LogP contribution is 2.32. The van der Waals surface area contributed by atoms with Crippen molar-refractivity contribution in [1.82, 2.24) is 4.98 Å². The van der Waals surface area contributed by atoms with Gasteiger partial charge in [-0.05, 0) is 23.8 Å². The van der Waals surface area contributed by atoms with Crippen molar-refractivity contribution in [1.29, 1.82) is 0 Å². The first kappa shape index (κ1) is 17.0. The Bertz CT molecular complexity index is 830. The van der Waals surface area contributed by atoms with Crippen molar-refractivity contribution in [2.45, 2.75) is 11.2 Å². The molecule has 0 spiro atoms. The van der Waals surface area contributed by atoms with E-state index in [0.717, 1.165) is 12.1 Å². The van der Waals surface area contributed by atoms with Crippen LogP contribution in [0, 0.1) is 0 Å². The largest absolute Gasteiger partial charge is 0.481 e. The van der Waals surface area contributed by atoms with E-state index in [4.69, 9.17) is 4.74 Å². The van der Waals surface area contributed by atoms with Crippen LogP contribution in [0.1, 0.15) is 11.1 Å². The Hall–Kier alpha value is -2.35. The van der Waals surface area contributed by atoms with Crippen molar-refractivity contribution in [2.75, 3.05) is 7.11 Å². The summed E-state index contributed by atoms with van der Waals surface area (Å²) in [5.41, 5.74) is -1.16. The van der Waals surface area contributed by atoms with Gasteiger partial charge < -0.3 is 4.74 Å². The molecule has 23 heavy (non-hydrogen) atoms. The predicted molar refractivity (Wildman–Crippen MR) is 78.5 cm³/mol. The van der Waals surface area contributed by atoms with Crippen LogP contribution in [0.4, 0.5) is 13.2 Å². The molecular formula is C15H12F3NO3S. The van der Waals surface area contributed by atoms with E-state index in [9.17, 15) is 21.6 Å². The number of hydrogen-bond donors (Lipinski definition) is 0. The maximum absolute atomic E-state index is 12.9. The minimum absolute atomic E-state index is 0.0927. The van der Waals surface area contributed by atoms with Crippen molar-refractivity contribution < 1.29 is 26.3 Å². The van der Waals surface area contributed by atoms with E-state index < -0.39 is 21.6 Å². The number of rotatable bonds is 4.